The Labute approximate surface area is 136 Å². The minimum atomic E-state index is -3.67. The van der Waals surface area contributed by atoms with Crippen LogP contribution >= 0.6 is 15.9 Å². The maximum Gasteiger partial charge on any atom is 0.238 e. The molecule has 0 radical (unpaired) electrons. The lowest BCUT2D eigenvalue weighted by molar-refractivity contribution is 0.600. The molecule has 6 nitrogen and oxygen atoms in total. The van der Waals surface area contributed by atoms with Gasteiger partial charge < -0.3 is 0 Å². The normalized spacial score (nSPS) is 10.5. The molecule has 1 aromatic carbocycles. The SMILES string of the molecule is N#Cc1ccc(CS(=O)(=O)Nc2cc(C#N)c(Br)cn2)cc1. The van der Waals surface area contributed by atoms with Gasteiger partial charge in [-0.2, -0.15) is 10.5 Å². The number of pyridine rings is 1. The van der Waals surface area contributed by atoms with E-state index in [1.165, 1.54) is 12.3 Å². The van der Waals surface area contributed by atoms with E-state index in [0.717, 1.165) is 0 Å². The molecular weight excluding hydrogens is 368 g/mol. The Morgan fingerprint density at radius 2 is 1.86 bits per heavy atom. The number of rotatable bonds is 4. The van der Waals surface area contributed by atoms with Crippen LogP contribution in [0, 0.1) is 22.7 Å². The van der Waals surface area contributed by atoms with E-state index in [9.17, 15) is 8.42 Å². The summed E-state index contributed by atoms with van der Waals surface area (Å²) in [6.45, 7) is 0. The summed E-state index contributed by atoms with van der Waals surface area (Å²) in [6, 6.07) is 11.5. The summed E-state index contributed by atoms with van der Waals surface area (Å²) < 4.78 is 27.0. The molecule has 0 aliphatic carbocycles. The van der Waals surface area contributed by atoms with Gasteiger partial charge in [0.2, 0.25) is 10.0 Å². The molecule has 22 heavy (non-hydrogen) atoms. The van der Waals surface area contributed by atoms with Crippen LogP contribution in [-0.2, 0) is 15.8 Å². The van der Waals surface area contributed by atoms with Crippen molar-refractivity contribution in [1.82, 2.24) is 4.98 Å². The molecule has 2 rings (SSSR count). The first-order chi connectivity index (χ1) is 10.4. The van der Waals surface area contributed by atoms with E-state index in [4.69, 9.17) is 10.5 Å². The molecule has 0 aliphatic rings. The van der Waals surface area contributed by atoms with E-state index in [-0.39, 0.29) is 17.1 Å². The highest BCUT2D eigenvalue weighted by molar-refractivity contribution is 9.10. The zero-order valence-corrected chi connectivity index (χ0v) is 13.5. The summed E-state index contributed by atoms with van der Waals surface area (Å²) in [6.07, 6.45) is 1.36. The van der Waals surface area contributed by atoms with Gasteiger partial charge in [-0.05, 0) is 33.6 Å². The molecule has 0 fully saturated rings. The molecule has 8 heteroatoms. The van der Waals surface area contributed by atoms with Gasteiger partial charge in [0.25, 0.3) is 0 Å². The van der Waals surface area contributed by atoms with Gasteiger partial charge in [0.05, 0.1) is 27.4 Å². The molecular formula is C14H9BrN4O2S. The largest absolute Gasteiger partial charge is 0.267 e. The van der Waals surface area contributed by atoms with E-state index >= 15 is 0 Å². The fraction of sp³-hybridized carbons (Fsp3) is 0.0714. The first-order valence-corrected chi connectivity index (χ1v) is 8.43. The summed E-state index contributed by atoms with van der Waals surface area (Å²) in [5, 5.41) is 17.6. The second kappa shape index (κ2) is 6.56. The molecule has 1 aromatic heterocycles. The third kappa shape index (κ3) is 4.04. The minimum absolute atomic E-state index is 0.0772. The fourth-order valence-corrected chi connectivity index (χ4v) is 3.11. The van der Waals surface area contributed by atoms with E-state index in [0.29, 0.717) is 15.6 Å². The predicted molar refractivity (Wildman–Crippen MR) is 84.1 cm³/mol. The standard InChI is InChI=1S/C14H9BrN4O2S/c15-13-8-18-14(5-12(13)7-17)19-22(20,21)9-11-3-1-10(6-16)2-4-11/h1-5,8H,9H2,(H,18,19). The molecule has 0 atom stereocenters. The molecule has 0 aliphatic heterocycles. The van der Waals surface area contributed by atoms with Gasteiger partial charge in [-0.3, -0.25) is 4.72 Å². The van der Waals surface area contributed by atoms with Crippen LogP contribution in [0.5, 0.6) is 0 Å². The van der Waals surface area contributed by atoms with Gasteiger partial charge >= 0.3 is 0 Å². The number of hydrogen-bond donors (Lipinski definition) is 1. The van der Waals surface area contributed by atoms with Crippen LogP contribution in [0.3, 0.4) is 0 Å². The van der Waals surface area contributed by atoms with Crippen LogP contribution in [0.25, 0.3) is 0 Å². The second-order valence-electron chi connectivity index (χ2n) is 4.33. The molecule has 0 bridgehead atoms. The lowest BCUT2D eigenvalue weighted by atomic mass is 10.2. The number of nitriles is 2. The maximum atomic E-state index is 12.1. The van der Waals surface area contributed by atoms with Crippen molar-refractivity contribution in [1.29, 1.82) is 10.5 Å². The quantitative estimate of drug-likeness (QED) is 0.881. The van der Waals surface area contributed by atoms with Crippen molar-refractivity contribution in [3.05, 3.63) is 57.7 Å². The van der Waals surface area contributed by atoms with Crippen molar-refractivity contribution < 1.29 is 8.42 Å². The van der Waals surface area contributed by atoms with Crippen LogP contribution < -0.4 is 4.72 Å². The van der Waals surface area contributed by atoms with Gasteiger partial charge in [-0.15, -0.1) is 0 Å². The zero-order valence-electron chi connectivity index (χ0n) is 11.1. The summed E-state index contributed by atoms with van der Waals surface area (Å²) in [5.41, 5.74) is 1.29. The zero-order chi connectivity index (χ0) is 16.2. The summed E-state index contributed by atoms with van der Waals surface area (Å²) in [7, 11) is -3.67. The van der Waals surface area contributed by atoms with Crippen molar-refractivity contribution in [2.24, 2.45) is 0 Å². The Bertz CT molecular complexity index is 881. The molecule has 1 N–H and O–H groups in total. The highest BCUT2D eigenvalue weighted by Gasteiger charge is 2.13. The summed E-state index contributed by atoms with van der Waals surface area (Å²) >= 11 is 3.15. The van der Waals surface area contributed by atoms with Crippen molar-refractivity contribution in [2.75, 3.05) is 4.72 Å². The first kappa shape index (κ1) is 16.0. The van der Waals surface area contributed by atoms with Crippen molar-refractivity contribution in [3.63, 3.8) is 0 Å². The topological polar surface area (TPSA) is 107 Å². The Kier molecular flexibility index (Phi) is 4.76. The fourth-order valence-electron chi connectivity index (χ4n) is 1.67. The number of nitrogens with zero attached hydrogens (tertiary/aromatic N) is 3. The summed E-state index contributed by atoms with van der Waals surface area (Å²) in [5.74, 6) is -0.174. The molecule has 1 heterocycles. The third-order valence-electron chi connectivity index (χ3n) is 2.68. The van der Waals surface area contributed by atoms with Gasteiger partial charge in [-0.1, -0.05) is 12.1 Å². The van der Waals surface area contributed by atoms with Crippen molar-refractivity contribution in [2.45, 2.75) is 5.75 Å². The number of benzene rings is 1. The smallest absolute Gasteiger partial charge is 0.238 e. The Morgan fingerprint density at radius 3 is 2.45 bits per heavy atom. The van der Waals surface area contributed by atoms with Crippen LogP contribution in [0.2, 0.25) is 0 Å². The van der Waals surface area contributed by atoms with E-state index < -0.39 is 10.0 Å². The predicted octanol–water partition coefficient (Wildman–Crippen LogP) is 2.53. The van der Waals surface area contributed by atoms with Crippen LogP contribution in [0.1, 0.15) is 16.7 Å². The number of sulfonamides is 1. The van der Waals surface area contributed by atoms with Gasteiger partial charge in [0, 0.05) is 12.3 Å². The highest BCUT2D eigenvalue weighted by Crippen LogP contribution is 2.19. The molecule has 0 saturated carbocycles. The van der Waals surface area contributed by atoms with Gasteiger partial charge in [0.1, 0.15) is 11.9 Å². The highest BCUT2D eigenvalue weighted by atomic mass is 79.9. The Morgan fingerprint density at radius 1 is 1.18 bits per heavy atom. The second-order valence-corrected chi connectivity index (χ2v) is 6.91. The average molecular weight is 377 g/mol. The molecule has 2 aromatic rings. The molecule has 0 saturated heterocycles. The number of anilines is 1. The Hall–Kier alpha value is -2.42. The third-order valence-corrected chi connectivity index (χ3v) is 4.54. The van der Waals surface area contributed by atoms with Crippen LogP contribution in [-0.4, -0.2) is 13.4 Å². The van der Waals surface area contributed by atoms with Crippen molar-refractivity contribution in [3.8, 4) is 12.1 Å². The van der Waals surface area contributed by atoms with Gasteiger partial charge in [0.15, 0.2) is 0 Å². The minimum Gasteiger partial charge on any atom is -0.267 e. The maximum absolute atomic E-state index is 12.1. The van der Waals surface area contributed by atoms with Crippen LogP contribution in [0.15, 0.2) is 41.0 Å². The van der Waals surface area contributed by atoms with Crippen LogP contribution in [0.4, 0.5) is 5.82 Å². The Balaban J connectivity index is 2.17. The lowest BCUT2D eigenvalue weighted by Gasteiger charge is -2.08. The molecule has 0 unspecified atom stereocenters. The number of hydrogen-bond acceptors (Lipinski definition) is 5. The molecule has 0 spiro atoms. The van der Waals surface area contributed by atoms with E-state index in [1.54, 1.807) is 24.3 Å². The van der Waals surface area contributed by atoms with Gasteiger partial charge in [-0.25, -0.2) is 13.4 Å². The lowest BCUT2D eigenvalue weighted by Crippen LogP contribution is -2.16. The number of nitrogens with one attached hydrogen (secondary N) is 1. The van der Waals surface area contributed by atoms with Crippen molar-refractivity contribution >= 4 is 31.8 Å². The van der Waals surface area contributed by atoms with E-state index in [1.807, 2.05) is 12.1 Å². The number of aromatic nitrogens is 1. The first-order valence-electron chi connectivity index (χ1n) is 5.99. The molecule has 110 valence electrons. The molecule has 0 amide bonds. The van der Waals surface area contributed by atoms with E-state index in [2.05, 4.69) is 25.6 Å². The summed E-state index contributed by atoms with van der Waals surface area (Å²) in [4.78, 5) is 3.91. The average Bonchev–Trinajstić information content (AvgIpc) is 2.49. The monoisotopic (exact) mass is 376 g/mol. The number of halogens is 1.